The molecular formula is C22H18O3. The van der Waals surface area contributed by atoms with Crippen LogP contribution in [0, 0.1) is 20.8 Å². The molecule has 3 heteroatoms. The van der Waals surface area contributed by atoms with Crippen LogP contribution in [0.25, 0.3) is 43.9 Å². The molecule has 0 N–H and O–H groups in total. The lowest BCUT2D eigenvalue weighted by atomic mass is 9.98. The Morgan fingerprint density at radius 3 is 1.88 bits per heavy atom. The van der Waals surface area contributed by atoms with E-state index in [0.29, 0.717) is 0 Å². The molecule has 124 valence electrons. The van der Waals surface area contributed by atoms with Gasteiger partial charge in [-0.05, 0) is 44.5 Å². The number of aryl methyl sites for hydroxylation is 3. The van der Waals surface area contributed by atoms with E-state index in [1.165, 1.54) is 5.56 Å². The van der Waals surface area contributed by atoms with Gasteiger partial charge >= 0.3 is 0 Å². The summed E-state index contributed by atoms with van der Waals surface area (Å²) in [5.41, 5.74) is 7.08. The molecule has 0 atom stereocenters. The highest BCUT2D eigenvalue weighted by atomic mass is 16.5. The first kappa shape index (κ1) is 14.4. The van der Waals surface area contributed by atoms with Crippen molar-refractivity contribution in [3.63, 3.8) is 0 Å². The number of furan rings is 2. The van der Waals surface area contributed by atoms with Gasteiger partial charge in [0.05, 0.1) is 7.11 Å². The van der Waals surface area contributed by atoms with Crippen molar-refractivity contribution in [1.29, 1.82) is 0 Å². The highest BCUT2D eigenvalue weighted by Crippen LogP contribution is 2.43. The molecule has 2 heterocycles. The summed E-state index contributed by atoms with van der Waals surface area (Å²) >= 11 is 0. The Kier molecular flexibility index (Phi) is 2.76. The summed E-state index contributed by atoms with van der Waals surface area (Å²) in [7, 11) is 1.67. The van der Waals surface area contributed by atoms with E-state index in [0.717, 1.165) is 60.8 Å². The van der Waals surface area contributed by atoms with Crippen molar-refractivity contribution in [2.45, 2.75) is 20.8 Å². The van der Waals surface area contributed by atoms with Crippen LogP contribution in [0.4, 0.5) is 0 Å². The van der Waals surface area contributed by atoms with Crippen LogP contribution in [-0.2, 0) is 0 Å². The molecule has 0 aliphatic heterocycles. The minimum Gasteiger partial charge on any atom is -0.497 e. The molecule has 0 bridgehead atoms. The minimum absolute atomic E-state index is 0.798. The summed E-state index contributed by atoms with van der Waals surface area (Å²) < 4.78 is 17.8. The molecular weight excluding hydrogens is 312 g/mol. The monoisotopic (exact) mass is 330 g/mol. The van der Waals surface area contributed by atoms with E-state index in [2.05, 4.69) is 45.0 Å². The number of methoxy groups -OCH3 is 1. The Hall–Kier alpha value is -2.94. The number of rotatable bonds is 1. The van der Waals surface area contributed by atoms with Crippen LogP contribution in [0.5, 0.6) is 5.75 Å². The Labute approximate surface area is 144 Å². The van der Waals surface area contributed by atoms with Gasteiger partial charge in [0.15, 0.2) is 0 Å². The van der Waals surface area contributed by atoms with Gasteiger partial charge in [-0.3, -0.25) is 0 Å². The number of hydrogen-bond acceptors (Lipinski definition) is 3. The molecule has 0 unspecified atom stereocenters. The maximum Gasteiger partial charge on any atom is 0.139 e. The Morgan fingerprint density at radius 1 is 0.720 bits per heavy atom. The predicted octanol–water partition coefficient (Wildman–Crippen LogP) is 6.42. The second-order valence-corrected chi connectivity index (χ2v) is 6.72. The smallest absolute Gasteiger partial charge is 0.139 e. The van der Waals surface area contributed by atoms with E-state index >= 15 is 0 Å². The van der Waals surface area contributed by atoms with Crippen molar-refractivity contribution >= 4 is 43.9 Å². The number of benzene rings is 3. The average Bonchev–Trinajstić information content (AvgIpc) is 3.17. The van der Waals surface area contributed by atoms with Gasteiger partial charge < -0.3 is 13.6 Å². The molecule has 3 aromatic carbocycles. The minimum atomic E-state index is 0.798. The van der Waals surface area contributed by atoms with Gasteiger partial charge in [-0.1, -0.05) is 12.1 Å². The van der Waals surface area contributed by atoms with Gasteiger partial charge in [0, 0.05) is 38.7 Å². The van der Waals surface area contributed by atoms with E-state index in [-0.39, 0.29) is 0 Å². The van der Waals surface area contributed by atoms with Crippen molar-refractivity contribution in [2.75, 3.05) is 7.11 Å². The zero-order valence-electron chi connectivity index (χ0n) is 14.7. The van der Waals surface area contributed by atoms with Crippen molar-refractivity contribution in [3.8, 4) is 5.75 Å². The highest BCUT2D eigenvalue weighted by molar-refractivity contribution is 6.19. The molecule has 0 fully saturated rings. The largest absolute Gasteiger partial charge is 0.497 e. The summed E-state index contributed by atoms with van der Waals surface area (Å²) in [6.45, 7) is 6.30. The molecule has 0 aliphatic carbocycles. The molecule has 0 amide bonds. The van der Waals surface area contributed by atoms with Crippen LogP contribution in [-0.4, -0.2) is 7.11 Å². The first-order chi connectivity index (χ1) is 12.1. The molecule has 0 radical (unpaired) electrons. The van der Waals surface area contributed by atoms with Crippen LogP contribution in [0.15, 0.2) is 45.2 Å². The third-order valence-electron chi connectivity index (χ3n) is 5.17. The molecule has 5 rings (SSSR count). The van der Waals surface area contributed by atoms with Crippen molar-refractivity contribution in [1.82, 2.24) is 0 Å². The molecule has 2 aromatic heterocycles. The maximum atomic E-state index is 6.25. The second-order valence-electron chi connectivity index (χ2n) is 6.72. The lowest BCUT2D eigenvalue weighted by Crippen LogP contribution is -1.83. The first-order valence-corrected chi connectivity index (χ1v) is 8.40. The van der Waals surface area contributed by atoms with E-state index in [1.54, 1.807) is 7.11 Å². The Morgan fingerprint density at radius 2 is 1.28 bits per heavy atom. The molecule has 0 aliphatic rings. The van der Waals surface area contributed by atoms with Crippen molar-refractivity contribution < 1.29 is 13.6 Å². The summed E-state index contributed by atoms with van der Waals surface area (Å²) in [6.07, 6.45) is 0. The van der Waals surface area contributed by atoms with E-state index < -0.39 is 0 Å². The third kappa shape index (κ3) is 1.81. The van der Waals surface area contributed by atoms with Gasteiger partial charge in [-0.15, -0.1) is 0 Å². The molecule has 3 nitrogen and oxygen atoms in total. The number of fused-ring (bicyclic) bond motifs is 6. The SMILES string of the molecule is COc1ccc2c(c1)oc1c(C)c3c(oc4cc(C)ccc43)c(C)c12. The molecule has 25 heavy (non-hydrogen) atoms. The fourth-order valence-electron chi connectivity index (χ4n) is 3.91. The van der Waals surface area contributed by atoms with Gasteiger partial charge in [0.2, 0.25) is 0 Å². The summed E-state index contributed by atoms with van der Waals surface area (Å²) in [4.78, 5) is 0. The summed E-state index contributed by atoms with van der Waals surface area (Å²) in [5.74, 6) is 0.798. The van der Waals surface area contributed by atoms with Crippen LogP contribution in [0.3, 0.4) is 0 Å². The standard InChI is InChI=1S/C22H18O3/c1-11-5-7-15-17(9-11)24-21-13(3)20-16-8-6-14(23-4)10-18(16)25-22(20)12(2)19(15)21/h5-10H,1-4H3. The molecule has 0 saturated heterocycles. The highest BCUT2D eigenvalue weighted by Gasteiger charge is 2.20. The lowest BCUT2D eigenvalue weighted by molar-refractivity contribution is 0.414. The van der Waals surface area contributed by atoms with Crippen LogP contribution in [0.1, 0.15) is 16.7 Å². The van der Waals surface area contributed by atoms with E-state index in [4.69, 9.17) is 13.6 Å². The fourth-order valence-corrected chi connectivity index (χ4v) is 3.91. The van der Waals surface area contributed by atoms with Crippen LogP contribution >= 0.6 is 0 Å². The van der Waals surface area contributed by atoms with Gasteiger partial charge in [-0.25, -0.2) is 0 Å². The lowest BCUT2D eigenvalue weighted by Gasteiger charge is -2.03. The van der Waals surface area contributed by atoms with E-state index in [1.807, 2.05) is 12.1 Å². The normalized spacial score (nSPS) is 12.0. The summed E-state index contributed by atoms with van der Waals surface area (Å²) in [5, 5.41) is 4.50. The van der Waals surface area contributed by atoms with E-state index in [9.17, 15) is 0 Å². The average molecular weight is 330 g/mol. The molecule has 0 spiro atoms. The Balaban J connectivity index is 2.02. The molecule has 0 saturated carbocycles. The van der Waals surface area contributed by atoms with Crippen LogP contribution in [0.2, 0.25) is 0 Å². The first-order valence-electron chi connectivity index (χ1n) is 8.40. The maximum absolute atomic E-state index is 6.25. The topological polar surface area (TPSA) is 35.5 Å². The zero-order valence-corrected chi connectivity index (χ0v) is 14.7. The number of ether oxygens (including phenoxy) is 1. The number of hydrogen-bond donors (Lipinski definition) is 0. The Bertz CT molecular complexity index is 1300. The molecule has 5 aromatic rings. The van der Waals surface area contributed by atoms with Gasteiger partial charge in [0.25, 0.3) is 0 Å². The van der Waals surface area contributed by atoms with Crippen LogP contribution < -0.4 is 4.74 Å². The zero-order chi connectivity index (χ0) is 17.3. The fraction of sp³-hybridized carbons (Fsp3) is 0.182. The summed E-state index contributed by atoms with van der Waals surface area (Å²) in [6, 6.07) is 12.3. The second kappa shape index (κ2) is 4.79. The quantitative estimate of drug-likeness (QED) is 0.356. The van der Waals surface area contributed by atoms with Crippen molar-refractivity contribution in [2.24, 2.45) is 0 Å². The van der Waals surface area contributed by atoms with Crippen molar-refractivity contribution in [3.05, 3.63) is 53.1 Å². The predicted molar refractivity (Wildman–Crippen MR) is 102 cm³/mol. The van der Waals surface area contributed by atoms with Gasteiger partial charge in [-0.2, -0.15) is 0 Å². The third-order valence-corrected chi connectivity index (χ3v) is 5.17. The van der Waals surface area contributed by atoms with Gasteiger partial charge in [0.1, 0.15) is 28.1 Å².